The van der Waals surface area contributed by atoms with Gasteiger partial charge in [-0.3, -0.25) is 9.69 Å². The van der Waals surface area contributed by atoms with E-state index in [1.54, 1.807) is 27.4 Å². The van der Waals surface area contributed by atoms with E-state index in [0.29, 0.717) is 47.4 Å². The Balaban J connectivity index is 0.00000342. The number of hydrogen-bond donors (Lipinski definition) is 0. The van der Waals surface area contributed by atoms with E-state index in [9.17, 15) is 13.2 Å². The van der Waals surface area contributed by atoms with Crippen LogP contribution in [0.15, 0.2) is 47.4 Å². The Bertz CT molecular complexity index is 1260. The van der Waals surface area contributed by atoms with Crippen LogP contribution in [0.2, 0.25) is 5.02 Å². The second kappa shape index (κ2) is 12.0. The fraction of sp³-hybridized carbons (Fsp3) is 0.417. The average molecular weight is 558 g/mol. The van der Waals surface area contributed by atoms with Crippen LogP contribution < -0.4 is 4.90 Å². The van der Waals surface area contributed by atoms with Crippen molar-refractivity contribution in [2.45, 2.75) is 30.6 Å². The number of nitrogens with zero attached hydrogens (tertiary/aromatic N) is 4. The molecule has 1 amide bonds. The minimum atomic E-state index is -3.57. The van der Waals surface area contributed by atoms with Crippen molar-refractivity contribution in [1.29, 1.82) is 0 Å². The van der Waals surface area contributed by atoms with E-state index in [-0.39, 0.29) is 23.2 Å². The molecule has 1 fully saturated rings. The molecule has 0 aliphatic carbocycles. The number of anilines is 1. The van der Waals surface area contributed by atoms with Gasteiger partial charge in [-0.25, -0.2) is 13.4 Å². The van der Waals surface area contributed by atoms with Gasteiger partial charge in [0.1, 0.15) is 5.52 Å². The molecule has 2 heterocycles. The van der Waals surface area contributed by atoms with E-state index in [2.05, 4.69) is 4.98 Å². The molecule has 0 saturated carbocycles. The molecule has 0 bridgehead atoms. The van der Waals surface area contributed by atoms with Crippen molar-refractivity contribution in [1.82, 2.24) is 14.2 Å². The van der Waals surface area contributed by atoms with Gasteiger partial charge in [-0.05, 0) is 63.3 Å². The third kappa shape index (κ3) is 6.34. The van der Waals surface area contributed by atoms with Crippen LogP contribution in [0, 0.1) is 0 Å². The summed E-state index contributed by atoms with van der Waals surface area (Å²) in [4.78, 5) is 22.0. The average Bonchev–Trinajstić information content (AvgIpc) is 3.05. The molecule has 0 radical (unpaired) electrons. The molecular weight excluding hydrogens is 527 g/mol. The molecule has 0 atom stereocenters. The third-order valence-corrected chi connectivity index (χ3v) is 9.17. The molecule has 1 aliphatic rings. The molecule has 0 spiro atoms. The second-order valence-corrected chi connectivity index (χ2v) is 12.0. The molecule has 1 saturated heterocycles. The minimum absolute atomic E-state index is 0. The van der Waals surface area contributed by atoms with Crippen molar-refractivity contribution in [2.24, 2.45) is 0 Å². The fourth-order valence-corrected chi connectivity index (χ4v) is 6.77. The fourth-order valence-electron chi connectivity index (χ4n) is 3.96. The summed E-state index contributed by atoms with van der Waals surface area (Å²) in [6.45, 7) is 2.18. The normalized spacial score (nSPS) is 15.1. The van der Waals surface area contributed by atoms with Gasteiger partial charge < -0.3 is 4.90 Å². The third-order valence-electron chi connectivity index (χ3n) is 5.91. The molecule has 0 unspecified atom stereocenters. The van der Waals surface area contributed by atoms with Crippen LogP contribution in [0.3, 0.4) is 0 Å². The predicted molar refractivity (Wildman–Crippen MR) is 146 cm³/mol. The van der Waals surface area contributed by atoms with E-state index >= 15 is 0 Å². The van der Waals surface area contributed by atoms with E-state index in [4.69, 9.17) is 11.6 Å². The molecular formula is C24H30Cl2N4O3S2. The highest BCUT2D eigenvalue weighted by Crippen LogP contribution is 2.33. The van der Waals surface area contributed by atoms with Gasteiger partial charge in [0.25, 0.3) is 5.91 Å². The van der Waals surface area contributed by atoms with Gasteiger partial charge in [0, 0.05) is 31.7 Å². The number of fused-ring (bicyclic) bond motifs is 1. The molecule has 11 heteroatoms. The highest BCUT2D eigenvalue weighted by atomic mass is 35.5. The van der Waals surface area contributed by atoms with Gasteiger partial charge in [0.05, 0.1) is 14.6 Å². The number of likely N-dealkylation sites (N-methyl/N-ethyl adjacent to an activating group) is 1. The lowest BCUT2D eigenvalue weighted by Gasteiger charge is -2.22. The van der Waals surface area contributed by atoms with Crippen molar-refractivity contribution in [2.75, 3.05) is 45.2 Å². The van der Waals surface area contributed by atoms with Crippen LogP contribution in [0.5, 0.6) is 0 Å². The van der Waals surface area contributed by atoms with Gasteiger partial charge in [-0.1, -0.05) is 41.8 Å². The van der Waals surface area contributed by atoms with Crippen LogP contribution in [0.25, 0.3) is 10.2 Å². The maximum absolute atomic E-state index is 13.5. The summed E-state index contributed by atoms with van der Waals surface area (Å²) >= 11 is 7.72. The Morgan fingerprint density at radius 2 is 1.69 bits per heavy atom. The zero-order chi connectivity index (χ0) is 24.3. The Labute approximate surface area is 222 Å². The number of sulfonamides is 1. The summed E-state index contributed by atoms with van der Waals surface area (Å²) in [7, 11) is 0.323. The Morgan fingerprint density at radius 1 is 1.03 bits per heavy atom. The zero-order valence-corrected chi connectivity index (χ0v) is 23.0. The first-order chi connectivity index (χ1) is 16.3. The van der Waals surface area contributed by atoms with E-state index < -0.39 is 10.0 Å². The topological polar surface area (TPSA) is 73.8 Å². The summed E-state index contributed by atoms with van der Waals surface area (Å²) in [5.74, 6) is -0.226. The lowest BCUT2D eigenvalue weighted by atomic mass is 10.2. The quantitative estimate of drug-likeness (QED) is 0.402. The molecule has 190 valence electrons. The molecule has 0 N–H and O–H groups in total. The predicted octanol–water partition coefficient (Wildman–Crippen LogP) is 5.14. The number of benzene rings is 2. The number of thiazole rings is 1. The van der Waals surface area contributed by atoms with Crippen LogP contribution in [0.4, 0.5) is 5.13 Å². The number of hydrogen-bond acceptors (Lipinski definition) is 6. The number of halogens is 2. The maximum atomic E-state index is 13.5. The number of para-hydroxylation sites is 1. The molecule has 35 heavy (non-hydrogen) atoms. The highest BCUT2D eigenvalue weighted by Gasteiger charge is 2.26. The Hall–Kier alpha value is -1.75. The molecule has 1 aromatic heterocycles. The monoisotopic (exact) mass is 556 g/mol. The van der Waals surface area contributed by atoms with Crippen LogP contribution in [-0.2, 0) is 10.0 Å². The highest BCUT2D eigenvalue weighted by molar-refractivity contribution is 7.89. The summed E-state index contributed by atoms with van der Waals surface area (Å²) in [6, 6.07) is 11.8. The number of amides is 1. The number of carbonyl (C=O) groups excluding carboxylic acids is 1. The van der Waals surface area contributed by atoms with Crippen molar-refractivity contribution in [3.8, 4) is 0 Å². The van der Waals surface area contributed by atoms with Crippen molar-refractivity contribution in [3.63, 3.8) is 0 Å². The number of rotatable bonds is 7. The molecule has 7 nitrogen and oxygen atoms in total. The number of carbonyl (C=O) groups is 1. The second-order valence-electron chi connectivity index (χ2n) is 8.69. The van der Waals surface area contributed by atoms with Gasteiger partial charge in [-0.15, -0.1) is 12.4 Å². The largest absolute Gasteiger partial charge is 0.308 e. The summed E-state index contributed by atoms with van der Waals surface area (Å²) < 4.78 is 28.6. The zero-order valence-electron chi connectivity index (χ0n) is 19.8. The first kappa shape index (κ1) is 27.8. The van der Waals surface area contributed by atoms with Gasteiger partial charge in [0.15, 0.2) is 5.13 Å². The van der Waals surface area contributed by atoms with E-state index in [1.165, 1.54) is 23.5 Å². The molecule has 1 aliphatic heterocycles. The minimum Gasteiger partial charge on any atom is -0.308 e. The Morgan fingerprint density at radius 3 is 2.29 bits per heavy atom. The smallest absolute Gasteiger partial charge is 0.260 e. The lowest BCUT2D eigenvalue weighted by molar-refractivity contribution is 0.0985. The van der Waals surface area contributed by atoms with Gasteiger partial charge in [-0.2, -0.15) is 4.31 Å². The van der Waals surface area contributed by atoms with Crippen LogP contribution >= 0.6 is 35.3 Å². The van der Waals surface area contributed by atoms with Crippen LogP contribution in [-0.4, -0.2) is 68.8 Å². The first-order valence-electron chi connectivity index (χ1n) is 11.4. The summed E-state index contributed by atoms with van der Waals surface area (Å²) in [6.07, 6.45) is 3.87. The van der Waals surface area contributed by atoms with Crippen molar-refractivity contribution < 1.29 is 13.2 Å². The van der Waals surface area contributed by atoms with Crippen molar-refractivity contribution in [3.05, 3.63) is 53.1 Å². The summed E-state index contributed by atoms with van der Waals surface area (Å²) in [5.41, 5.74) is 1.09. The SMILES string of the molecule is CN(C)CCN(C(=O)c1ccc(S(=O)(=O)N2CCCCCC2)cc1)c1nc2c(Cl)cccc2s1.Cl. The molecule has 4 rings (SSSR count). The van der Waals surface area contributed by atoms with E-state index in [1.807, 2.05) is 31.1 Å². The van der Waals surface area contributed by atoms with Crippen LogP contribution in [0.1, 0.15) is 36.0 Å². The van der Waals surface area contributed by atoms with E-state index in [0.717, 1.165) is 30.4 Å². The molecule has 3 aromatic rings. The summed E-state index contributed by atoms with van der Waals surface area (Å²) in [5, 5.41) is 1.11. The van der Waals surface area contributed by atoms with Gasteiger partial charge >= 0.3 is 0 Å². The van der Waals surface area contributed by atoms with Crippen molar-refractivity contribution >= 4 is 66.6 Å². The standard InChI is InChI=1S/C24H29ClN4O3S2.ClH/c1-27(2)16-17-29(24-26-22-20(25)8-7-9-21(22)33-24)23(30)18-10-12-19(13-11-18)34(31,32)28-14-5-3-4-6-15-28;/h7-13H,3-6,14-17H2,1-2H3;1H. The van der Waals surface area contributed by atoms with Gasteiger partial charge in [0.2, 0.25) is 10.0 Å². The maximum Gasteiger partial charge on any atom is 0.260 e. The Kier molecular flexibility index (Phi) is 9.53. The number of aromatic nitrogens is 1. The lowest BCUT2D eigenvalue weighted by Crippen LogP contribution is -2.36. The molecule has 2 aromatic carbocycles. The first-order valence-corrected chi connectivity index (χ1v) is 14.0.